The van der Waals surface area contributed by atoms with E-state index in [1.165, 1.54) is 0 Å². The van der Waals surface area contributed by atoms with E-state index in [2.05, 4.69) is 28.7 Å². The van der Waals surface area contributed by atoms with Gasteiger partial charge in [-0.15, -0.1) is 0 Å². The predicted molar refractivity (Wildman–Crippen MR) is 73.2 cm³/mol. The smallest absolute Gasteiger partial charge is 0.135 e. The Bertz CT molecular complexity index is 407. The Morgan fingerprint density at radius 1 is 1.44 bits per heavy atom. The van der Waals surface area contributed by atoms with Gasteiger partial charge in [-0.25, -0.2) is 9.97 Å². The Morgan fingerprint density at radius 3 is 2.72 bits per heavy atom. The maximum Gasteiger partial charge on any atom is 0.135 e. The zero-order chi connectivity index (χ0) is 13.1. The summed E-state index contributed by atoms with van der Waals surface area (Å²) in [5.41, 5.74) is 0. The zero-order valence-electron chi connectivity index (χ0n) is 10.9. The number of aliphatic hydroxyl groups excluding tert-OH is 1. The van der Waals surface area contributed by atoms with Gasteiger partial charge in [-0.1, -0.05) is 11.6 Å². The van der Waals surface area contributed by atoms with E-state index < -0.39 is 0 Å². The van der Waals surface area contributed by atoms with E-state index in [9.17, 15) is 0 Å². The molecule has 1 fully saturated rings. The van der Waals surface area contributed by atoms with E-state index in [0.29, 0.717) is 17.1 Å². The van der Waals surface area contributed by atoms with Crippen LogP contribution >= 0.6 is 11.6 Å². The minimum absolute atomic E-state index is 0.192. The highest BCUT2D eigenvalue weighted by Crippen LogP contribution is 2.39. The Kier molecular flexibility index (Phi) is 4.40. The molecule has 2 rings (SSSR count). The molecule has 0 amide bonds. The molecular weight excluding hydrogens is 250 g/mol. The van der Waals surface area contributed by atoms with Crippen molar-refractivity contribution in [2.24, 2.45) is 0 Å². The van der Waals surface area contributed by atoms with E-state index in [1.807, 2.05) is 6.07 Å². The van der Waals surface area contributed by atoms with Crippen molar-refractivity contribution in [1.82, 2.24) is 9.97 Å². The van der Waals surface area contributed by atoms with Crippen molar-refractivity contribution >= 4 is 17.4 Å². The summed E-state index contributed by atoms with van der Waals surface area (Å²) in [6.07, 6.45) is 3.06. The summed E-state index contributed by atoms with van der Waals surface area (Å²) >= 11 is 6.08. The monoisotopic (exact) mass is 269 g/mol. The van der Waals surface area contributed by atoms with Crippen LogP contribution in [0, 0.1) is 0 Å². The summed E-state index contributed by atoms with van der Waals surface area (Å²) in [5, 5.41) is 9.48. The van der Waals surface area contributed by atoms with Gasteiger partial charge in [0.15, 0.2) is 0 Å². The minimum Gasteiger partial charge on any atom is -0.396 e. The average Bonchev–Trinajstić information content (AvgIpc) is 3.12. The lowest BCUT2D eigenvalue weighted by molar-refractivity contribution is 0.288. The molecule has 0 unspecified atom stereocenters. The summed E-state index contributed by atoms with van der Waals surface area (Å²) in [4.78, 5) is 11.1. The van der Waals surface area contributed by atoms with Gasteiger partial charge >= 0.3 is 0 Å². The first kappa shape index (κ1) is 13.6. The summed E-state index contributed by atoms with van der Waals surface area (Å²) < 4.78 is 0. The molecule has 0 atom stereocenters. The van der Waals surface area contributed by atoms with Crippen LogP contribution in [-0.2, 0) is 0 Å². The molecule has 1 saturated carbocycles. The molecule has 1 aromatic rings. The van der Waals surface area contributed by atoms with Gasteiger partial charge in [0, 0.05) is 31.2 Å². The van der Waals surface area contributed by atoms with Gasteiger partial charge in [0.1, 0.15) is 16.8 Å². The quantitative estimate of drug-likeness (QED) is 0.807. The van der Waals surface area contributed by atoms with Crippen molar-refractivity contribution < 1.29 is 5.11 Å². The summed E-state index contributed by atoms with van der Waals surface area (Å²) in [5.74, 6) is 2.24. The van der Waals surface area contributed by atoms with Gasteiger partial charge in [-0.05, 0) is 33.1 Å². The minimum atomic E-state index is 0.192. The molecule has 0 spiro atoms. The number of nitrogens with zero attached hydrogens (tertiary/aromatic N) is 3. The van der Waals surface area contributed by atoms with Crippen molar-refractivity contribution in [2.45, 2.75) is 45.1 Å². The highest BCUT2D eigenvalue weighted by atomic mass is 35.5. The Balaban J connectivity index is 2.22. The molecule has 18 heavy (non-hydrogen) atoms. The number of rotatable bonds is 6. The van der Waals surface area contributed by atoms with Crippen molar-refractivity contribution in [3.05, 3.63) is 17.0 Å². The van der Waals surface area contributed by atoms with Crippen molar-refractivity contribution in [1.29, 1.82) is 0 Å². The van der Waals surface area contributed by atoms with Crippen LogP contribution in [0.25, 0.3) is 0 Å². The summed E-state index contributed by atoms with van der Waals surface area (Å²) in [6.45, 7) is 5.21. The molecule has 1 heterocycles. The molecule has 0 bridgehead atoms. The molecule has 1 aliphatic rings. The maximum absolute atomic E-state index is 8.97. The van der Waals surface area contributed by atoms with Gasteiger partial charge in [0.25, 0.3) is 0 Å². The molecule has 1 aliphatic carbocycles. The third kappa shape index (κ3) is 3.33. The number of anilines is 1. The standard InChI is InChI=1S/C13H20ClN3O/c1-9(2)17(6-3-7-18)12-8-11(14)15-13(16-12)10-4-5-10/h8-10,18H,3-7H2,1-2H3. The maximum atomic E-state index is 8.97. The molecule has 1 aromatic heterocycles. The number of aromatic nitrogens is 2. The topological polar surface area (TPSA) is 49.2 Å². The van der Waals surface area contributed by atoms with Gasteiger partial charge in [-0.3, -0.25) is 0 Å². The van der Waals surface area contributed by atoms with E-state index in [1.54, 1.807) is 0 Å². The molecule has 0 radical (unpaired) electrons. The van der Waals surface area contributed by atoms with Crippen molar-refractivity contribution in [3.63, 3.8) is 0 Å². The number of halogens is 1. The SMILES string of the molecule is CC(C)N(CCCO)c1cc(Cl)nc(C2CC2)n1. The van der Waals surface area contributed by atoms with Crippen LogP contribution in [0.1, 0.15) is 44.9 Å². The van der Waals surface area contributed by atoms with Crippen LogP contribution in [0.2, 0.25) is 5.15 Å². The molecule has 5 heteroatoms. The lowest BCUT2D eigenvalue weighted by atomic mass is 10.2. The lowest BCUT2D eigenvalue weighted by Gasteiger charge is -2.28. The highest BCUT2D eigenvalue weighted by molar-refractivity contribution is 6.29. The van der Waals surface area contributed by atoms with Crippen LogP contribution in [0.4, 0.5) is 5.82 Å². The van der Waals surface area contributed by atoms with Crippen LogP contribution < -0.4 is 4.90 Å². The third-order valence-electron chi connectivity index (χ3n) is 3.12. The van der Waals surface area contributed by atoms with E-state index in [0.717, 1.165) is 37.4 Å². The van der Waals surface area contributed by atoms with Gasteiger partial charge in [0.2, 0.25) is 0 Å². The molecule has 0 saturated heterocycles. The van der Waals surface area contributed by atoms with Gasteiger partial charge in [-0.2, -0.15) is 0 Å². The second-order valence-electron chi connectivity index (χ2n) is 5.05. The molecular formula is C13H20ClN3O. The van der Waals surface area contributed by atoms with Crippen molar-refractivity contribution in [3.8, 4) is 0 Å². The molecule has 4 nitrogen and oxygen atoms in total. The lowest BCUT2D eigenvalue weighted by Crippen LogP contribution is -2.33. The fourth-order valence-corrected chi connectivity index (χ4v) is 2.16. The molecule has 1 N–H and O–H groups in total. The largest absolute Gasteiger partial charge is 0.396 e. The van der Waals surface area contributed by atoms with E-state index >= 15 is 0 Å². The normalized spacial score (nSPS) is 15.2. The van der Waals surface area contributed by atoms with Crippen LogP contribution in [0.3, 0.4) is 0 Å². The number of hydrogen-bond acceptors (Lipinski definition) is 4. The molecule has 0 aliphatic heterocycles. The summed E-state index contributed by atoms with van der Waals surface area (Å²) in [6, 6.07) is 2.14. The summed E-state index contributed by atoms with van der Waals surface area (Å²) in [7, 11) is 0. The molecule has 0 aromatic carbocycles. The highest BCUT2D eigenvalue weighted by Gasteiger charge is 2.28. The fraction of sp³-hybridized carbons (Fsp3) is 0.692. The molecule has 100 valence electrons. The third-order valence-corrected chi connectivity index (χ3v) is 3.31. The van der Waals surface area contributed by atoms with Crippen LogP contribution in [0.5, 0.6) is 0 Å². The number of aliphatic hydroxyl groups is 1. The van der Waals surface area contributed by atoms with E-state index in [-0.39, 0.29) is 6.61 Å². The van der Waals surface area contributed by atoms with Gasteiger partial charge in [0.05, 0.1) is 0 Å². The first-order chi connectivity index (χ1) is 8.61. The fourth-order valence-electron chi connectivity index (χ4n) is 1.97. The van der Waals surface area contributed by atoms with Crippen LogP contribution in [-0.4, -0.2) is 34.3 Å². The first-order valence-electron chi connectivity index (χ1n) is 6.53. The Morgan fingerprint density at radius 2 is 2.17 bits per heavy atom. The predicted octanol–water partition coefficient (Wildman–Crippen LogP) is 2.60. The Labute approximate surface area is 113 Å². The number of hydrogen-bond donors (Lipinski definition) is 1. The van der Waals surface area contributed by atoms with Crippen molar-refractivity contribution in [2.75, 3.05) is 18.1 Å². The van der Waals surface area contributed by atoms with Gasteiger partial charge < -0.3 is 10.0 Å². The Hall–Kier alpha value is -0.870. The average molecular weight is 270 g/mol. The van der Waals surface area contributed by atoms with E-state index in [4.69, 9.17) is 16.7 Å². The second-order valence-corrected chi connectivity index (χ2v) is 5.43. The second kappa shape index (κ2) is 5.85. The van der Waals surface area contributed by atoms with Crippen LogP contribution in [0.15, 0.2) is 6.07 Å². The first-order valence-corrected chi connectivity index (χ1v) is 6.91. The zero-order valence-corrected chi connectivity index (χ0v) is 11.7.